The van der Waals surface area contributed by atoms with Crippen molar-refractivity contribution in [3.8, 4) is 11.5 Å². The van der Waals surface area contributed by atoms with Crippen molar-refractivity contribution in [2.75, 3.05) is 12.4 Å². The minimum atomic E-state index is -4.49. The molecule has 38 heavy (non-hydrogen) atoms. The first-order chi connectivity index (χ1) is 17.5. The number of amides is 1. The number of hydrogen-bond donors (Lipinski definition) is 2. The molecule has 13 heteroatoms. The summed E-state index contributed by atoms with van der Waals surface area (Å²) in [6.07, 6.45) is 0. The smallest absolute Gasteiger partial charge is 0.870 e. The van der Waals surface area contributed by atoms with E-state index in [1.807, 2.05) is 0 Å². The summed E-state index contributed by atoms with van der Waals surface area (Å²) >= 11 is 12.2. The maximum atomic E-state index is 13.3. The van der Waals surface area contributed by atoms with Crippen LogP contribution in [0.4, 0.5) is 17.1 Å². The standard InChI is InChI=1S/C25H19Cl2N3O6S.Na/c1-13-9-20(19(27)12-22(13)37(33,34)35)29-30-23-16-6-4-3-5-14(16)10-17(24(23)31)25(32)28-15-7-8-18(26)21(11-15)36-2;/h3-12,31H,1-2H3,(H,28,32)(H,33,34,35);/q;+1/p-1. The molecule has 0 fully saturated rings. The van der Waals surface area contributed by atoms with Crippen LogP contribution in [0.1, 0.15) is 15.9 Å². The second-order valence-electron chi connectivity index (χ2n) is 7.87. The maximum Gasteiger partial charge on any atom is 1.00 e. The summed E-state index contributed by atoms with van der Waals surface area (Å²) in [5.41, 5.74) is 0.330. The second kappa shape index (κ2) is 12.0. The predicted molar refractivity (Wildman–Crippen MR) is 140 cm³/mol. The summed E-state index contributed by atoms with van der Waals surface area (Å²) in [6, 6.07) is 15.3. The van der Waals surface area contributed by atoms with Gasteiger partial charge < -0.3 is 15.2 Å². The van der Waals surface area contributed by atoms with Crippen LogP contribution < -0.4 is 44.7 Å². The Balaban J connectivity index is 0.00000400. The minimum absolute atomic E-state index is 0. The topological polar surface area (TPSA) is 140 Å². The van der Waals surface area contributed by atoms with Gasteiger partial charge in [0.15, 0.2) is 0 Å². The molecule has 0 aliphatic rings. The van der Waals surface area contributed by atoms with Gasteiger partial charge in [0.25, 0.3) is 16.0 Å². The fourth-order valence-electron chi connectivity index (χ4n) is 3.62. The number of nitrogens with one attached hydrogen (secondary N) is 1. The molecule has 2 N–H and O–H groups in total. The van der Waals surface area contributed by atoms with Crippen LogP contribution in [-0.2, 0) is 10.1 Å². The molecule has 0 saturated heterocycles. The quantitative estimate of drug-likeness (QED) is 0.203. The summed E-state index contributed by atoms with van der Waals surface area (Å²) in [6.45, 7) is 1.45. The zero-order valence-electron chi connectivity index (χ0n) is 20.3. The third kappa shape index (κ3) is 6.29. The minimum Gasteiger partial charge on any atom is -0.870 e. The monoisotopic (exact) mass is 581 g/mol. The van der Waals surface area contributed by atoms with Crippen molar-refractivity contribution in [2.24, 2.45) is 10.2 Å². The molecule has 0 atom stereocenters. The molecule has 0 unspecified atom stereocenters. The molecule has 0 heterocycles. The Kier molecular flexibility index (Phi) is 9.43. The molecule has 0 aliphatic carbocycles. The molecule has 4 aromatic carbocycles. The van der Waals surface area contributed by atoms with E-state index in [4.69, 9.17) is 27.9 Å². The van der Waals surface area contributed by atoms with Gasteiger partial charge in [0, 0.05) is 22.7 Å². The number of hydrogen-bond acceptors (Lipinski definition) is 7. The number of carbonyl (C=O) groups is 1. The molecule has 0 aliphatic heterocycles. The molecule has 190 valence electrons. The van der Waals surface area contributed by atoms with Gasteiger partial charge in [0.1, 0.15) is 11.4 Å². The molecule has 0 saturated carbocycles. The number of anilines is 1. The number of fused-ring (bicyclic) bond motifs is 1. The second-order valence-corrected chi connectivity index (χ2v) is 10.1. The zero-order chi connectivity index (χ0) is 26.9. The first kappa shape index (κ1) is 29.9. The van der Waals surface area contributed by atoms with Gasteiger partial charge >= 0.3 is 29.6 Å². The Morgan fingerprint density at radius 3 is 2.42 bits per heavy atom. The number of benzene rings is 4. The number of rotatable bonds is 6. The van der Waals surface area contributed by atoms with Crippen LogP contribution in [0.5, 0.6) is 11.5 Å². The van der Waals surface area contributed by atoms with Crippen LogP contribution in [0, 0.1) is 6.92 Å². The Bertz CT molecular complexity index is 1700. The van der Waals surface area contributed by atoms with Gasteiger partial charge in [-0.2, -0.15) is 13.5 Å². The summed E-state index contributed by atoms with van der Waals surface area (Å²) < 4.78 is 37.6. The Labute approximate surface area is 250 Å². The van der Waals surface area contributed by atoms with E-state index < -0.39 is 21.8 Å². The first-order valence-corrected chi connectivity index (χ1v) is 12.8. The predicted octanol–water partition coefficient (Wildman–Crippen LogP) is 3.46. The fourth-order valence-corrected chi connectivity index (χ4v) is 4.81. The molecule has 4 aromatic rings. The van der Waals surface area contributed by atoms with E-state index in [-0.39, 0.29) is 62.0 Å². The van der Waals surface area contributed by atoms with E-state index >= 15 is 0 Å². The Morgan fingerprint density at radius 1 is 1.03 bits per heavy atom. The van der Waals surface area contributed by atoms with Gasteiger partial charge in [-0.15, -0.1) is 5.11 Å². The van der Waals surface area contributed by atoms with Crippen LogP contribution >= 0.6 is 23.2 Å². The number of azo groups is 1. The van der Waals surface area contributed by atoms with E-state index in [0.717, 1.165) is 6.07 Å². The van der Waals surface area contributed by atoms with Crippen molar-refractivity contribution in [3.63, 3.8) is 0 Å². The van der Waals surface area contributed by atoms with Crippen molar-refractivity contribution in [1.29, 1.82) is 0 Å². The summed E-state index contributed by atoms with van der Waals surface area (Å²) in [5.74, 6) is -1.01. The zero-order valence-corrected chi connectivity index (χ0v) is 24.6. The first-order valence-electron chi connectivity index (χ1n) is 10.6. The SMILES string of the molecule is COc1cc(NC(=O)c2cc3ccccc3c(N=Nc3cc(C)c(S(=O)(=O)O)cc3Cl)c2[O-])ccc1Cl.[Na+]. The third-order valence-electron chi connectivity index (χ3n) is 5.41. The number of methoxy groups -OCH3 is 1. The third-order valence-corrected chi connectivity index (χ3v) is 7.02. The van der Waals surface area contributed by atoms with Crippen molar-refractivity contribution < 1.29 is 57.2 Å². The van der Waals surface area contributed by atoms with E-state index in [0.29, 0.717) is 27.2 Å². The van der Waals surface area contributed by atoms with Gasteiger partial charge in [-0.25, -0.2) is 0 Å². The number of aryl methyl sites for hydroxylation is 1. The van der Waals surface area contributed by atoms with Crippen molar-refractivity contribution in [3.05, 3.63) is 81.8 Å². The Hall–Kier alpha value is -2.70. The molecular weight excluding hydrogens is 564 g/mol. The molecule has 0 spiro atoms. The van der Waals surface area contributed by atoms with Gasteiger partial charge in [-0.3, -0.25) is 9.35 Å². The van der Waals surface area contributed by atoms with Crippen LogP contribution in [0.3, 0.4) is 0 Å². The van der Waals surface area contributed by atoms with Crippen molar-refractivity contribution in [1.82, 2.24) is 0 Å². The number of nitrogens with zero attached hydrogens (tertiary/aromatic N) is 2. The summed E-state index contributed by atoms with van der Waals surface area (Å²) in [5, 5.41) is 25.4. The van der Waals surface area contributed by atoms with E-state index in [1.165, 1.54) is 32.2 Å². The van der Waals surface area contributed by atoms with Crippen LogP contribution in [0.2, 0.25) is 10.0 Å². The van der Waals surface area contributed by atoms with Gasteiger partial charge in [-0.05, 0) is 48.2 Å². The van der Waals surface area contributed by atoms with Gasteiger partial charge in [0.05, 0.1) is 27.7 Å². The molecule has 0 bridgehead atoms. The van der Waals surface area contributed by atoms with Gasteiger partial charge in [-0.1, -0.05) is 53.2 Å². The van der Waals surface area contributed by atoms with E-state index in [2.05, 4.69) is 15.5 Å². The summed E-state index contributed by atoms with van der Waals surface area (Å²) in [7, 11) is -3.05. The number of carbonyl (C=O) groups excluding carboxylic acids is 1. The van der Waals surface area contributed by atoms with Crippen LogP contribution in [-0.4, -0.2) is 26.0 Å². The van der Waals surface area contributed by atoms with Gasteiger partial charge in [0.2, 0.25) is 0 Å². The largest absolute Gasteiger partial charge is 1.00 e. The molecule has 9 nitrogen and oxygen atoms in total. The Morgan fingerprint density at radius 2 is 1.74 bits per heavy atom. The summed E-state index contributed by atoms with van der Waals surface area (Å²) in [4.78, 5) is 12.7. The number of halogens is 2. The molecular formula is C25H18Cl2N3NaO6S. The maximum absolute atomic E-state index is 13.3. The van der Waals surface area contributed by atoms with Crippen molar-refractivity contribution in [2.45, 2.75) is 11.8 Å². The van der Waals surface area contributed by atoms with E-state index in [9.17, 15) is 22.9 Å². The molecule has 0 aromatic heterocycles. The van der Waals surface area contributed by atoms with Crippen LogP contribution in [0.25, 0.3) is 10.8 Å². The normalized spacial score (nSPS) is 11.4. The molecule has 4 rings (SSSR count). The average molecular weight is 582 g/mol. The molecule has 0 radical (unpaired) electrons. The van der Waals surface area contributed by atoms with Crippen LogP contribution in [0.15, 0.2) is 75.8 Å². The van der Waals surface area contributed by atoms with Crippen molar-refractivity contribution >= 4 is 67.1 Å². The fraction of sp³-hybridized carbons (Fsp3) is 0.0800. The number of ether oxygens (including phenoxy) is 1. The average Bonchev–Trinajstić information content (AvgIpc) is 2.85. The molecule has 1 amide bonds. The van der Waals surface area contributed by atoms with E-state index in [1.54, 1.807) is 36.4 Å².